The van der Waals surface area contributed by atoms with Gasteiger partial charge in [-0.2, -0.15) is 0 Å². The van der Waals surface area contributed by atoms with E-state index in [4.69, 9.17) is 4.74 Å². The molecule has 0 aliphatic heterocycles. The Morgan fingerprint density at radius 3 is 2.12 bits per heavy atom. The van der Waals surface area contributed by atoms with Gasteiger partial charge in [-0.15, -0.1) is 0 Å². The monoisotopic (exact) mass is 565 g/mol. The van der Waals surface area contributed by atoms with Crippen LogP contribution in [0.3, 0.4) is 0 Å². The van der Waals surface area contributed by atoms with Gasteiger partial charge in [-0.05, 0) is 76.1 Å². The van der Waals surface area contributed by atoms with E-state index in [1.54, 1.807) is 36.4 Å². The Bertz CT molecular complexity index is 1400. The first-order valence-corrected chi connectivity index (χ1v) is 14.8. The molecule has 8 nitrogen and oxygen atoms in total. The number of benzene rings is 3. The van der Waals surface area contributed by atoms with Crippen molar-refractivity contribution in [2.45, 2.75) is 64.6 Å². The van der Waals surface area contributed by atoms with E-state index in [1.165, 1.54) is 24.1 Å². The van der Waals surface area contributed by atoms with Crippen LogP contribution < -0.4 is 14.4 Å². The molecule has 3 aromatic rings. The third kappa shape index (κ3) is 7.63. The summed E-state index contributed by atoms with van der Waals surface area (Å²) in [7, 11) is -2.64. The predicted octanol–water partition coefficient (Wildman–Crippen LogP) is 4.84. The molecule has 0 fully saturated rings. The number of carbonyl (C=O) groups is 2. The minimum absolute atomic E-state index is 0.0245. The van der Waals surface area contributed by atoms with Gasteiger partial charge in [0.25, 0.3) is 10.0 Å². The smallest absolute Gasteiger partial charge is 0.264 e. The third-order valence-corrected chi connectivity index (χ3v) is 8.29. The normalized spacial score (nSPS) is 12.1. The van der Waals surface area contributed by atoms with Gasteiger partial charge in [0.15, 0.2) is 0 Å². The lowest BCUT2D eigenvalue weighted by molar-refractivity contribution is -0.140. The van der Waals surface area contributed by atoms with Crippen molar-refractivity contribution in [2.24, 2.45) is 0 Å². The van der Waals surface area contributed by atoms with Gasteiger partial charge in [0, 0.05) is 12.6 Å². The highest BCUT2D eigenvalue weighted by Gasteiger charge is 2.33. The number of sulfonamides is 1. The molecule has 1 N–H and O–H groups in total. The molecule has 0 heterocycles. The molecule has 0 aliphatic carbocycles. The fourth-order valence-corrected chi connectivity index (χ4v) is 5.84. The Morgan fingerprint density at radius 2 is 1.57 bits per heavy atom. The molecule has 0 spiro atoms. The van der Waals surface area contributed by atoms with Crippen LogP contribution in [-0.4, -0.2) is 50.9 Å². The van der Waals surface area contributed by atoms with Crippen molar-refractivity contribution in [1.82, 2.24) is 10.2 Å². The van der Waals surface area contributed by atoms with Crippen molar-refractivity contribution in [3.63, 3.8) is 0 Å². The molecule has 0 bridgehead atoms. The predicted molar refractivity (Wildman–Crippen MR) is 158 cm³/mol. The van der Waals surface area contributed by atoms with E-state index in [-0.39, 0.29) is 23.4 Å². The number of amides is 2. The fourth-order valence-electron chi connectivity index (χ4n) is 4.42. The molecular weight excluding hydrogens is 526 g/mol. The first-order chi connectivity index (χ1) is 19.0. The van der Waals surface area contributed by atoms with Crippen LogP contribution in [0.5, 0.6) is 5.75 Å². The summed E-state index contributed by atoms with van der Waals surface area (Å²) >= 11 is 0. The van der Waals surface area contributed by atoms with Gasteiger partial charge in [0.2, 0.25) is 11.8 Å². The first kappa shape index (κ1) is 30.7. The SMILES string of the molecule is CC[C@@H](C(=O)NC(C)C)N(Cc1cccc(C)c1)C(=O)CN(c1ccc(C)cc1)S(=O)(=O)c1ccc(OC)cc1. The van der Waals surface area contributed by atoms with Gasteiger partial charge in [0.05, 0.1) is 17.7 Å². The lowest BCUT2D eigenvalue weighted by atomic mass is 10.1. The van der Waals surface area contributed by atoms with Crippen molar-refractivity contribution in [1.29, 1.82) is 0 Å². The molecule has 3 aromatic carbocycles. The van der Waals surface area contributed by atoms with Crippen molar-refractivity contribution in [2.75, 3.05) is 18.0 Å². The average molecular weight is 566 g/mol. The molecule has 0 unspecified atom stereocenters. The average Bonchev–Trinajstić information content (AvgIpc) is 2.91. The molecule has 2 amide bonds. The number of ether oxygens (including phenoxy) is 1. The Kier molecular flexibility index (Phi) is 10.3. The standard InChI is InChI=1S/C31H39N3O5S/c1-7-29(31(36)32-22(2)3)33(20-25-10-8-9-24(5)19-25)30(35)21-34(26-13-11-23(4)12-14-26)40(37,38)28-17-15-27(39-6)16-18-28/h8-19,22,29H,7,20-21H2,1-6H3,(H,32,36)/t29-/m0/s1. The summed E-state index contributed by atoms with van der Waals surface area (Å²) in [5, 5.41) is 2.91. The number of hydrogen-bond acceptors (Lipinski definition) is 5. The van der Waals surface area contributed by atoms with Gasteiger partial charge >= 0.3 is 0 Å². The quantitative estimate of drug-likeness (QED) is 0.339. The van der Waals surface area contributed by atoms with E-state index < -0.39 is 28.5 Å². The van der Waals surface area contributed by atoms with Gasteiger partial charge in [-0.3, -0.25) is 13.9 Å². The second-order valence-electron chi connectivity index (χ2n) is 10.1. The van der Waals surface area contributed by atoms with E-state index in [2.05, 4.69) is 5.32 Å². The summed E-state index contributed by atoms with van der Waals surface area (Å²) in [6, 6.07) is 19.8. The maximum Gasteiger partial charge on any atom is 0.264 e. The summed E-state index contributed by atoms with van der Waals surface area (Å²) in [5.41, 5.74) is 3.18. The van der Waals surface area contributed by atoms with Crippen molar-refractivity contribution < 1.29 is 22.7 Å². The number of nitrogens with zero attached hydrogens (tertiary/aromatic N) is 2. The minimum atomic E-state index is -4.14. The molecule has 1 atom stereocenters. The number of aryl methyl sites for hydroxylation is 2. The number of anilines is 1. The lowest BCUT2D eigenvalue weighted by Gasteiger charge is -2.33. The van der Waals surface area contributed by atoms with E-state index >= 15 is 0 Å². The molecule has 9 heteroatoms. The molecule has 0 saturated heterocycles. The van der Waals surface area contributed by atoms with E-state index in [0.717, 1.165) is 21.0 Å². The Balaban J connectivity index is 2.06. The maximum absolute atomic E-state index is 14.1. The number of rotatable bonds is 12. The van der Waals surface area contributed by atoms with Gasteiger partial charge < -0.3 is 15.0 Å². The number of hydrogen-bond donors (Lipinski definition) is 1. The van der Waals surface area contributed by atoms with Crippen LogP contribution in [0.1, 0.15) is 43.9 Å². The zero-order valence-electron chi connectivity index (χ0n) is 24.0. The van der Waals surface area contributed by atoms with Gasteiger partial charge in [-0.1, -0.05) is 54.4 Å². The Morgan fingerprint density at radius 1 is 0.925 bits per heavy atom. The van der Waals surface area contributed by atoms with Gasteiger partial charge in [-0.25, -0.2) is 8.42 Å². The van der Waals surface area contributed by atoms with Crippen LogP contribution in [0, 0.1) is 13.8 Å². The molecule has 0 radical (unpaired) electrons. The molecule has 0 saturated carbocycles. The van der Waals surface area contributed by atoms with Crippen LogP contribution in [0.25, 0.3) is 0 Å². The lowest BCUT2D eigenvalue weighted by Crippen LogP contribution is -2.53. The highest BCUT2D eigenvalue weighted by atomic mass is 32.2. The molecule has 214 valence electrons. The third-order valence-electron chi connectivity index (χ3n) is 6.50. The molecule has 3 rings (SSSR count). The van der Waals surface area contributed by atoms with Crippen molar-refractivity contribution in [3.05, 3.63) is 89.5 Å². The van der Waals surface area contributed by atoms with E-state index in [0.29, 0.717) is 17.9 Å². The van der Waals surface area contributed by atoms with Crippen molar-refractivity contribution >= 4 is 27.5 Å². The van der Waals surface area contributed by atoms with Crippen LogP contribution in [0.4, 0.5) is 5.69 Å². The topological polar surface area (TPSA) is 96.0 Å². The summed E-state index contributed by atoms with van der Waals surface area (Å²) in [6.45, 7) is 9.10. The Labute approximate surface area is 238 Å². The second kappa shape index (κ2) is 13.5. The Hall–Kier alpha value is -3.85. The van der Waals surface area contributed by atoms with Crippen molar-refractivity contribution in [3.8, 4) is 5.75 Å². The van der Waals surface area contributed by atoms with Crippen LogP contribution in [-0.2, 0) is 26.2 Å². The van der Waals surface area contributed by atoms with Crippen LogP contribution in [0.15, 0.2) is 77.7 Å². The molecule has 0 aromatic heterocycles. The maximum atomic E-state index is 14.1. The van der Waals surface area contributed by atoms with Gasteiger partial charge in [0.1, 0.15) is 18.3 Å². The minimum Gasteiger partial charge on any atom is -0.497 e. The van der Waals surface area contributed by atoms with E-state index in [1.807, 2.05) is 58.9 Å². The highest BCUT2D eigenvalue weighted by Crippen LogP contribution is 2.26. The van der Waals surface area contributed by atoms with E-state index in [9.17, 15) is 18.0 Å². The largest absolute Gasteiger partial charge is 0.497 e. The van der Waals surface area contributed by atoms with Crippen LogP contribution >= 0.6 is 0 Å². The zero-order chi connectivity index (χ0) is 29.4. The first-order valence-electron chi connectivity index (χ1n) is 13.3. The summed E-state index contributed by atoms with van der Waals surface area (Å²) < 4.78 is 34.2. The second-order valence-corrected chi connectivity index (χ2v) is 12.0. The number of carbonyl (C=O) groups excluding carboxylic acids is 2. The summed E-state index contributed by atoms with van der Waals surface area (Å²) in [6.07, 6.45) is 0.367. The highest BCUT2D eigenvalue weighted by molar-refractivity contribution is 7.92. The zero-order valence-corrected chi connectivity index (χ0v) is 24.9. The summed E-state index contributed by atoms with van der Waals surface area (Å²) in [5.74, 6) is -0.244. The van der Waals surface area contributed by atoms with Crippen LogP contribution in [0.2, 0.25) is 0 Å². The number of methoxy groups -OCH3 is 1. The molecular formula is C31H39N3O5S. The summed E-state index contributed by atoms with van der Waals surface area (Å²) in [4.78, 5) is 28.8. The molecule has 40 heavy (non-hydrogen) atoms. The number of nitrogens with one attached hydrogen (secondary N) is 1. The fraction of sp³-hybridized carbons (Fsp3) is 0.355. The molecule has 0 aliphatic rings.